The van der Waals surface area contributed by atoms with Crippen molar-refractivity contribution in [3.63, 3.8) is 0 Å². The van der Waals surface area contributed by atoms with Gasteiger partial charge < -0.3 is 5.32 Å². The van der Waals surface area contributed by atoms with Gasteiger partial charge >= 0.3 is 0 Å². The summed E-state index contributed by atoms with van der Waals surface area (Å²) in [4.78, 5) is 15.2. The number of aromatic amines is 1. The van der Waals surface area contributed by atoms with Crippen LogP contribution in [-0.4, -0.2) is 20.5 Å². The first-order valence-electron chi connectivity index (χ1n) is 4.17. The lowest BCUT2D eigenvalue weighted by Gasteiger charge is -1.98. The van der Waals surface area contributed by atoms with Crippen LogP contribution in [-0.2, 0) is 4.79 Å². The van der Waals surface area contributed by atoms with Crippen LogP contribution in [0.1, 0.15) is 5.69 Å². The highest BCUT2D eigenvalue weighted by atomic mass is 16.1. The molecule has 2 N–H and O–H groups in total. The number of H-pyrrole nitrogens is 1. The monoisotopic (exact) mass is 190 g/mol. The van der Waals surface area contributed by atoms with E-state index in [1.807, 2.05) is 13.0 Å². The minimum atomic E-state index is -0.251. The van der Waals surface area contributed by atoms with Gasteiger partial charge in [0, 0.05) is 11.8 Å². The SMILES string of the molecule is C=CC(=O)Nc1cnc2cc(C)[nH]n12. The van der Waals surface area contributed by atoms with Crippen LogP contribution in [0.2, 0.25) is 0 Å². The van der Waals surface area contributed by atoms with Gasteiger partial charge in [-0.25, -0.2) is 9.50 Å². The fourth-order valence-corrected chi connectivity index (χ4v) is 1.25. The van der Waals surface area contributed by atoms with E-state index in [1.165, 1.54) is 6.08 Å². The molecule has 72 valence electrons. The molecule has 0 atom stereocenters. The lowest BCUT2D eigenvalue weighted by atomic mass is 10.5. The number of carbonyl (C=O) groups excluding carboxylic acids is 1. The van der Waals surface area contributed by atoms with Crippen LogP contribution in [0, 0.1) is 6.92 Å². The number of fused-ring (bicyclic) bond motifs is 1. The van der Waals surface area contributed by atoms with Gasteiger partial charge in [0.2, 0.25) is 5.91 Å². The van der Waals surface area contributed by atoms with Gasteiger partial charge in [-0.3, -0.25) is 9.89 Å². The summed E-state index contributed by atoms with van der Waals surface area (Å²) in [5, 5.41) is 5.68. The van der Waals surface area contributed by atoms with Crippen molar-refractivity contribution in [3.8, 4) is 0 Å². The van der Waals surface area contributed by atoms with Gasteiger partial charge in [-0.2, -0.15) is 0 Å². The van der Waals surface area contributed by atoms with E-state index in [0.717, 1.165) is 11.3 Å². The molecule has 0 aliphatic heterocycles. The first-order valence-corrected chi connectivity index (χ1v) is 4.17. The molecule has 5 nitrogen and oxygen atoms in total. The third kappa shape index (κ3) is 1.28. The summed E-state index contributed by atoms with van der Waals surface area (Å²) in [5.41, 5.74) is 1.77. The number of hydrogen-bond donors (Lipinski definition) is 2. The number of rotatable bonds is 2. The molecule has 0 aliphatic carbocycles. The zero-order chi connectivity index (χ0) is 10.1. The molecule has 2 aromatic heterocycles. The fourth-order valence-electron chi connectivity index (χ4n) is 1.25. The van der Waals surface area contributed by atoms with E-state index in [2.05, 4.69) is 22.0 Å². The Labute approximate surface area is 80.4 Å². The number of imidazole rings is 1. The molecule has 14 heavy (non-hydrogen) atoms. The standard InChI is InChI=1S/C9H10N4O/c1-3-9(14)11-8-5-10-7-4-6(2)12-13(7)8/h3-5,12H,1H2,2H3,(H,11,14). The van der Waals surface area contributed by atoms with Crippen LogP contribution in [0.5, 0.6) is 0 Å². The van der Waals surface area contributed by atoms with Gasteiger partial charge in [0.1, 0.15) is 0 Å². The Balaban J connectivity index is 2.41. The molecule has 2 aromatic rings. The number of nitrogens with zero attached hydrogens (tertiary/aromatic N) is 2. The third-order valence-electron chi connectivity index (χ3n) is 1.86. The Bertz CT molecular complexity index is 494. The van der Waals surface area contributed by atoms with Crippen LogP contribution in [0.25, 0.3) is 5.65 Å². The van der Waals surface area contributed by atoms with Crippen molar-refractivity contribution in [2.24, 2.45) is 0 Å². The normalized spacial score (nSPS) is 10.4. The lowest BCUT2D eigenvalue weighted by Crippen LogP contribution is -2.09. The van der Waals surface area contributed by atoms with Gasteiger partial charge in [-0.15, -0.1) is 0 Å². The van der Waals surface area contributed by atoms with Crippen LogP contribution in [0.4, 0.5) is 5.82 Å². The molecule has 1 amide bonds. The summed E-state index contributed by atoms with van der Waals surface area (Å²) in [6.45, 7) is 5.30. The Morgan fingerprint density at radius 1 is 1.79 bits per heavy atom. The predicted octanol–water partition coefficient (Wildman–Crippen LogP) is 1.10. The van der Waals surface area contributed by atoms with Gasteiger partial charge in [0.15, 0.2) is 11.5 Å². The summed E-state index contributed by atoms with van der Waals surface area (Å²) in [5.74, 6) is 0.358. The molecule has 2 heterocycles. The van der Waals surface area contributed by atoms with Crippen LogP contribution in [0.3, 0.4) is 0 Å². The van der Waals surface area contributed by atoms with E-state index in [1.54, 1.807) is 10.7 Å². The molecule has 0 saturated carbocycles. The van der Waals surface area contributed by atoms with Gasteiger partial charge in [0.05, 0.1) is 6.20 Å². The lowest BCUT2D eigenvalue weighted by molar-refractivity contribution is -0.111. The maximum Gasteiger partial charge on any atom is 0.248 e. The zero-order valence-corrected chi connectivity index (χ0v) is 7.74. The predicted molar refractivity (Wildman–Crippen MR) is 53.1 cm³/mol. The highest BCUT2D eigenvalue weighted by Crippen LogP contribution is 2.11. The van der Waals surface area contributed by atoms with Crippen molar-refractivity contribution in [3.05, 3.63) is 30.6 Å². The summed E-state index contributed by atoms with van der Waals surface area (Å²) in [7, 11) is 0. The molecule has 0 radical (unpaired) electrons. The number of anilines is 1. The second-order valence-electron chi connectivity index (χ2n) is 2.97. The summed E-state index contributed by atoms with van der Waals surface area (Å²) in [6, 6.07) is 1.89. The average Bonchev–Trinajstić information content (AvgIpc) is 2.67. The average molecular weight is 190 g/mol. The topological polar surface area (TPSA) is 62.2 Å². The second kappa shape index (κ2) is 3.02. The van der Waals surface area contributed by atoms with E-state index in [0.29, 0.717) is 5.82 Å². The van der Waals surface area contributed by atoms with Crippen molar-refractivity contribution in [1.29, 1.82) is 0 Å². The number of nitrogens with one attached hydrogen (secondary N) is 2. The smallest absolute Gasteiger partial charge is 0.248 e. The molecular weight excluding hydrogens is 180 g/mol. The van der Waals surface area contributed by atoms with E-state index >= 15 is 0 Å². The molecule has 0 fully saturated rings. The summed E-state index contributed by atoms with van der Waals surface area (Å²) >= 11 is 0. The van der Waals surface area contributed by atoms with Crippen LogP contribution >= 0.6 is 0 Å². The molecule has 0 bridgehead atoms. The Kier molecular flexibility index (Phi) is 1.85. The van der Waals surface area contributed by atoms with Gasteiger partial charge in [-0.1, -0.05) is 6.58 Å². The molecule has 0 spiro atoms. The van der Waals surface area contributed by atoms with Crippen molar-refractivity contribution in [2.45, 2.75) is 6.92 Å². The molecule has 2 rings (SSSR count). The minimum Gasteiger partial charge on any atom is -0.306 e. The van der Waals surface area contributed by atoms with E-state index in [-0.39, 0.29) is 5.91 Å². The molecule has 0 aromatic carbocycles. The summed E-state index contributed by atoms with van der Waals surface area (Å²) in [6.07, 6.45) is 2.81. The Morgan fingerprint density at radius 3 is 3.29 bits per heavy atom. The summed E-state index contributed by atoms with van der Waals surface area (Å²) < 4.78 is 1.71. The largest absolute Gasteiger partial charge is 0.306 e. The van der Waals surface area contributed by atoms with Crippen LogP contribution in [0.15, 0.2) is 24.9 Å². The minimum absolute atomic E-state index is 0.251. The molecule has 5 heteroatoms. The molecule has 0 unspecified atom stereocenters. The molecule has 0 saturated heterocycles. The number of amides is 1. The number of aromatic nitrogens is 3. The number of hydrogen-bond acceptors (Lipinski definition) is 2. The third-order valence-corrected chi connectivity index (χ3v) is 1.86. The van der Waals surface area contributed by atoms with Crippen molar-refractivity contribution in [2.75, 3.05) is 5.32 Å². The zero-order valence-electron chi connectivity index (χ0n) is 7.74. The number of aryl methyl sites for hydroxylation is 1. The van der Waals surface area contributed by atoms with Crippen molar-refractivity contribution < 1.29 is 4.79 Å². The quantitative estimate of drug-likeness (QED) is 0.696. The van der Waals surface area contributed by atoms with Crippen molar-refractivity contribution >= 4 is 17.4 Å². The maximum atomic E-state index is 11.0. The first-order chi connectivity index (χ1) is 6.70. The first kappa shape index (κ1) is 8.55. The molecule has 0 aliphatic rings. The Hall–Kier alpha value is -2.04. The fraction of sp³-hybridized carbons (Fsp3) is 0.111. The van der Waals surface area contributed by atoms with Gasteiger partial charge in [-0.05, 0) is 13.0 Å². The van der Waals surface area contributed by atoms with E-state index < -0.39 is 0 Å². The highest BCUT2D eigenvalue weighted by molar-refractivity contribution is 5.98. The molecular formula is C9H10N4O. The van der Waals surface area contributed by atoms with Crippen molar-refractivity contribution in [1.82, 2.24) is 14.6 Å². The van der Waals surface area contributed by atoms with Gasteiger partial charge in [0.25, 0.3) is 0 Å². The highest BCUT2D eigenvalue weighted by Gasteiger charge is 2.06. The maximum absolute atomic E-state index is 11.0. The van der Waals surface area contributed by atoms with E-state index in [9.17, 15) is 4.79 Å². The van der Waals surface area contributed by atoms with E-state index in [4.69, 9.17) is 0 Å². The second-order valence-corrected chi connectivity index (χ2v) is 2.97. The van der Waals surface area contributed by atoms with Crippen LogP contribution < -0.4 is 5.32 Å². The number of carbonyl (C=O) groups is 1. The Morgan fingerprint density at radius 2 is 2.57 bits per heavy atom.